The molecule has 0 saturated carbocycles. The maximum Gasteiger partial charge on any atom is 0.229 e. The Morgan fingerprint density at radius 1 is 1.22 bits per heavy atom. The summed E-state index contributed by atoms with van der Waals surface area (Å²) in [5.41, 5.74) is 1.50. The molecule has 2 N–H and O–H groups in total. The fraction of sp³-hybridized carbons (Fsp3) is 0.500. The highest BCUT2D eigenvalue weighted by molar-refractivity contribution is 7.92. The van der Waals surface area contributed by atoms with Crippen LogP contribution < -0.4 is 10.0 Å². The van der Waals surface area contributed by atoms with E-state index in [1.165, 1.54) is 0 Å². The summed E-state index contributed by atoms with van der Waals surface area (Å²) in [6.45, 7) is 1.55. The molecule has 1 aliphatic heterocycles. The van der Waals surface area contributed by atoms with E-state index in [1.807, 2.05) is 12.1 Å². The van der Waals surface area contributed by atoms with Crippen LogP contribution >= 0.6 is 0 Å². The number of ether oxygens (including phenoxy) is 1. The average molecular weight is 270 g/mol. The molecular weight excluding hydrogens is 252 g/mol. The summed E-state index contributed by atoms with van der Waals surface area (Å²) in [5.74, 6) is 0. The van der Waals surface area contributed by atoms with Gasteiger partial charge >= 0.3 is 0 Å². The largest absolute Gasteiger partial charge is 0.382 e. The molecule has 0 amide bonds. The second-order valence-electron chi connectivity index (χ2n) is 4.49. The van der Waals surface area contributed by atoms with E-state index >= 15 is 0 Å². The second-order valence-corrected chi connectivity index (χ2v) is 6.23. The summed E-state index contributed by atoms with van der Waals surface area (Å²) in [5, 5.41) is 3.39. The third-order valence-corrected chi connectivity index (χ3v) is 3.36. The molecule has 18 heavy (non-hydrogen) atoms. The molecule has 0 atom stereocenters. The Bertz CT molecular complexity index is 496. The van der Waals surface area contributed by atoms with E-state index in [0.717, 1.165) is 38.0 Å². The third kappa shape index (κ3) is 4.19. The van der Waals surface area contributed by atoms with Gasteiger partial charge in [0.05, 0.1) is 11.9 Å². The Kier molecular flexibility index (Phi) is 4.08. The van der Waals surface area contributed by atoms with Crippen molar-refractivity contribution in [2.45, 2.75) is 18.9 Å². The zero-order chi connectivity index (χ0) is 13.0. The molecule has 1 saturated heterocycles. The molecule has 0 radical (unpaired) electrons. The number of hydrogen-bond acceptors (Lipinski definition) is 4. The highest BCUT2D eigenvalue weighted by Gasteiger charge is 2.13. The molecule has 0 aliphatic carbocycles. The number of benzene rings is 1. The van der Waals surface area contributed by atoms with Crippen LogP contribution in [0.4, 0.5) is 11.4 Å². The lowest BCUT2D eigenvalue weighted by atomic mass is 10.1. The van der Waals surface area contributed by atoms with Gasteiger partial charge in [0, 0.05) is 24.9 Å². The number of sulfonamides is 1. The number of anilines is 2. The van der Waals surface area contributed by atoms with Gasteiger partial charge in [-0.1, -0.05) is 6.07 Å². The lowest BCUT2D eigenvalue weighted by Crippen LogP contribution is -2.27. The van der Waals surface area contributed by atoms with Crippen molar-refractivity contribution in [2.24, 2.45) is 0 Å². The van der Waals surface area contributed by atoms with Crippen LogP contribution in [0.2, 0.25) is 0 Å². The van der Waals surface area contributed by atoms with Crippen molar-refractivity contribution < 1.29 is 13.2 Å². The lowest BCUT2D eigenvalue weighted by molar-refractivity contribution is 0.0904. The Hall–Kier alpha value is -1.27. The van der Waals surface area contributed by atoms with Crippen molar-refractivity contribution in [3.05, 3.63) is 24.3 Å². The minimum absolute atomic E-state index is 0.396. The Morgan fingerprint density at radius 3 is 2.56 bits per heavy atom. The summed E-state index contributed by atoms with van der Waals surface area (Å²) in [4.78, 5) is 0. The first kappa shape index (κ1) is 13.2. The van der Waals surface area contributed by atoms with Gasteiger partial charge in [-0.05, 0) is 31.0 Å². The Morgan fingerprint density at radius 2 is 1.89 bits per heavy atom. The topological polar surface area (TPSA) is 67.4 Å². The van der Waals surface area contributed by atoms with Gasteiger partial charge in [0.2, 0.25) is 10.0 Å². The predicted molar refractivity (Wildman–Crippen MR) is 72.4 cm³/mol. The fourth-order valence-electron chi connectivity index (χ4n) is 1.96. The summed E-state index contributed by atoms with van der Waals surface area (Å²) >= 11 is 0. The van der Waals surface area contributed by atoms with Gasteiger partial charge in [0.25, 0.3) is 0 Å². The monoisotopic (exact) mass is 270 g/mol. The number of nitrogens with one attached hydrogen (secondary N) is 2. The SMILES string of the molecule is CS(=O)(=O)Nc1cccc(NC2CCOCC2)c1. The minimum Gasteiger partial charge on any atom is -0.382 e. The molecule has 1 aromatic carbocycles. The van der Waals surface area contributed by atoms with E-state index in [2.05, 4.69) is 10.0 Å². The van der Waals surface area contributed by atoms with Crippen LogP contribution in [-0.4, -0.2) is 33.9 Å². The van der Waals surface area contributed by atoms with Gasteiger partial charge in [0.15, 0.2) is 0 Å². The molecule has 1 aromatic rings. The van der Waals surface area contributed by atoms with E-state index in [-0.39, 0.29) is 0 Å². The molecule has 5 nitrogen and oxygen atoms in total. The Labute approximate surface area is 108 Å². The molecule has 2 rings (SSSR count). The van der Waals surface area contributed by atoms with Crippen LogP contribution in [0.3, 0.4) is 0 Å². The molecule has 0 spiro atoms. The first-order chi connectivity index (χ1) is 8.53. The number of hydrogen-bond donors (Lipinski definition) is 2. The van der Waals surface area contributed by atoms with E-state index in [4.69, 9.17) is 4.74 Å². The van der Waals surface area contributed by atoms with Gasteiger partial charge in [-0.2, -0.15) is 0 Å². The van der Waals surface area contributed by atoms with Crippen molar-refractivity contribution in [3.8, 4) is 0 Å². The van der Waals surface area contributed by atoms with Crippen LogP contribution in [0, 0.1) is 0 Å². The molecule has 1 fully saturated rings. The highest BCUT2D eigenvalue weighted by Crippen LogP contribution is 2.19. The molecule has 6 heteroatoms. The number of rotatable bonds is 4. The fourth-order valence-corrected chi connectivity index (χ4v) is 2.52. The van der Waals surface area contributed by atoms with Crippen molar-refractivity contribution in [1.29, 1.82) is 0 Å². The van der Waals surface area contributed by atoms with E-state index in [9.17, 15) is 8.42 Å². The van der Waals surface area contributed by atoms with Crippen LogP contribution in [0.15, 0.2) is 24.3 Å². The van der Waals surface area contributed by atoms with E-state index in [0.29, 0.717) is 11.7 Å². The van der Waals surface area contributed by atoms with Crippen molar-refractivity contribution in [3.63, 3.8) is 0 Å². The normalized spacial score (nSPS) is 17.4. The smallest absolute Gasteiger partial charge is 0.229 e. The summed E-state index contributed by atoms with van der Waals surface area (Å²) < 4.78 is 30.1. The molecule has 1 aliphatic rings. The summed E-state index contributed by atoms with van der Waals surface area (Å²) in [6, 6.07) is 7.69. The highest BCUT2D eigenvalue weighted by atomic mass is 32.2. The van der Waals surface area contributed by atoms with Gasteiger partial charge in [-0.15, -0.1) is 0 Å². The summed E-state index contributed by atoms with van der Waals surface area (Å²) in [6.07, 6.45) is 3.10. The third-order valence-electron chi connectivity index (χ3n) is 2.76. The van der Waals surface area contributed by atoms with E-state index < -0.39 is 10.0 Å². The molecule has 1 heterocycles. The average Bonchev–Trinajstić information content (AvgIpc) is 2.28. The van der Waals surface area contributed by atoms with Crippen molar-refractivity contribution in [1.82, 2.24) is 0 Å². The maximum absolute atomic E-state index is 11.2. The zero-order valence-electron chi connectivity index (χ0n) is 10.3. The van der Waals surface area contributed by atoms with Crippen LogP contribution in [0.1, 0.15) is 12.8 Å². The molecule has 0 unspecified atom stereocenters. The zero-order valence-corrected chi connectivity index (χ0v) is 11.2. The first-order valence-corrected chi connectivity index (χ1v) is 7.84. The minimum atomic E-state index is -3.22. The molecule has 0 bridgehead atoms. The predicted octanol–water partition coefficient (Wildman–Crippen LogP) is 1.65. The Balaban J connectivity index is 2.02. The lowest BCUT2D eigenvalue weighted by Gasteiger charge is -2.24. The van der Waals surface area contributed by atoms with Crippen LogP contribution in [0.5, 0.6) is 0 Å². The van der Waals surface area contributed by atoms with E-state index in [1.54, 1.807) is 12.1 Å². The van der Waals surface area contributed by atoms with Crippen molar-refractivity contribution >= 4 is 21.4 Å². The van der Waals surface area contributed by atoms with Crippen LogP contribution in [0.25, 0.3) is 0 Å². The van der Waals surface area contributed by atoms with Gasteiger partial charge < -0.3 is 10.1 Å². The second kappa shape index (κ2) is 5.58. The van der Waals surface area contributed by atoms with Crippen LogP contribution in [-0.2, 0) is 14.8 Å². The van der Waals surface area contributed by atoms with Gasteiger partial charge in [0.1, 0.15) is 0 Å². The molecular formula is C12H18N2O3S. The molecule has 0 aromatic heterocycles. The van der Waals surface area contributed by atoms with Crippen molar-refractivity contribution in [2.75, 3.05) is 29.5 Å². The quantitative estimate of drug-likeness (QED) is 0.873. The molecule has 100 valence electrons. The first-order valence-electron chi connectivity index (χ1n) is 5.95. The maximum atomic E-state index is 11.2. The summed E-state index contributed by atoms with van der Waals surface area (Å²) in [7, 11) is -3.22. The standard InChI is InChI=1S/C12H18N2O3S/c1-18(15,16)14-12-4-2-3-11(9-12)13-10-5-7-17-8-6-10/h2-4,9-10,13-14H,5-8H2,1H3. The van der Waals surface area contributed by atoms with Gasteiger partial charge in [-0.25, -0.2) is 8.42 Å². The van der Waals surface area contributed by atoms with Gasteiger partial charge in [-0.3, -0.25) is 4.72 Å².